The van der Waals surface area contributed by atoms with Gasteiger partial charge in [0.15, 0.2) is 5.82 Å². The number of H-pyrrole nitrogens is 1. The summed E-state index contributed by atoms with van der Waals surface area (Å²) in [6.45, 7) is 2.30. The average Bonchev–Trinajstić information content (AvgIpc) is 3.31. The first kappa shape index (κ1) is 21.9. The van der Waals surface area contributed by atoms with E-state index in [0.29, 0.717) is 54.3 Å². The lowest BCUT2D eigenvalue weighted by molar-refractivity contribution is -0.128. The number of halogens is 1. The van der Waals surface area contributed by atoms with Crippen LogP contribution in [-0.2, 0) is 4.79 Å². The molecule has 1 fully saturated rings. The van der Waals surface area contributed by atoms with Crippen molar-refractivity contribution in [2.75, 3.05) is 51.1 Å². The predicted molar refractivity (Wildman–Crippen MR) is 121 cm³/mol. The highest BCUT2D eigenvalue weighted by Crippen LogP contribution is 2.32. The van der Waals surface area contributed by atoms with Crippen LogP contribution in [0.25, 0.3) is 11.4 Å². The highest BCUT2D eigenvalue weighted by Gasteiger charge is 2.23. The zero-order chi connectivity index (χ0) is 22.5. The second-order valence-electron chi connectivity index (χ2n) is 7.14. The molecule has 0 aliphatic carbocycles. The molecule has 2 heterocycles. The molecule has 10 heteroatoms. The van der Waals surface area contributed by atoms with Gasteiger partial charge in [-0.1, -0.05) is 23.9 Å². The third kappa shape index (κ3) is 4.80. The van der Waals surface area contributed by atoms with Crippen molar-refractivity contribution in [2.45, 2.75) is 5.16 Å². The van der Waals surface area contributed by atoms with Crippen molar-refractivity contribution in [3.05, 3.63) is 48.3 Å². The zero-order valence-corrected chi connectivity index (χ0v) is 18.7. The second kappa shape index (κ2) is 9.90. The number of benzene rings is 2. The van der Waals surface area contributed by atoms with Crippen molar-refractivity contribution in [3.8, 4) is 22.9 Å². The van der Waals surface area contributed by atoms with Gasteiger partial charge in [0.2, 0.25) is 11.1 Å². The monoisotopic (exact) mass is 457 g/mol. The lowest BCUT2D eigenvalue weighted by atomic mass is 10.2. The Labute approximate surface area is 189 Å². The van der Waals surface area contributed by atoms with E-state index in [1.807, 2.05) is 23.1 Å². The Bertz CT molecular complexity index is 1080. The van der Waals surface area contributed by atoms with Crippen LogP contribution in [0.2, 0.25) is 0 Å². The van der Waals surface area contributed by atoms with Gasteiger partial charge in [-0.15, -0.1) is 5.10 Å². The molecule has 1 saturated heterocycles. The molecule has 0 radical (unpaired) electrons. The summed E-state index contributed by atoms with van der Waals surface area (Å²) < 4.78 is 24.6. The Morgan fingerprint density at radius 1 is 1.12 bits per heavy atom. The van der Waals surface area contributed by atoms with Crippen molar-refractivity contribution in [1.82, 2.24) is 20.1 Å². The van der Waals surface area contributed by atoms with E-state index in [2.05, 4.69) is 15.2 Å². The number of ether oxygens (including phenoxy) is 2. The van der Waals surface area contributed by atoms with Gasteiger partial charge in [0.1, 0.15) is 17.3 Å². The number of amides is 1. The first-order chi connectivity index (χ1) is 15.6. The zero-order valence-electron chi connectivity index (χ0n) is 17.9. The highest BCUT2D eigenvalue weighted by molar-refractivity contribution is 7.99. The van der Waals surface area contributed by atoms with Crippen molar-refractivity contribution >= 4 is 23.4 Å². The lowest BCUT2D eigenvalue weighted by Crippen LogP contribution is -2.49. The summed E-state index contributed by atoms with van der Waals surface area (Å²) in [6.07, 6.45) is 0. The Morgan fingerprint density at radius 3 is 2.62 bits per heavy atom. The Morgan fingerprint density at radius 2 is 1.91 bits per heavy atom. The SMILES string of the molecule is COc1ccc(-c2nc(SCC(=O)N3CCN(c4ccccc4F)CC3)n[nH]2)c(OC)c1. The van der Waals surface area contributed by atoms with E-state index in [-0.39, 0.29) is 17.5 Å². The van der Waals surface area contributed by atoms with Crippen LogP contribution < -0.4 is 14.4 Å². The Hall–Kier alpha value is -3.27. The van der Waals surface area contributed by atoms with E-state index in [0.717, 1.165) is 5.56 Å². The van der Waals surface area contributed by atoms with Gasteiger partial charge in [0, 0.05) is 32.2 Å². The molecule has 4 rings (SSSR count). The smallest absolute Gasteiger partial charge is 0.233 e. The number of aromatic amines is 1. The third-order valence-corrected chi connectivity index (χ3v) is 6.11. The first-order valence-electron chi connectivity index (χ1n) is 10.1. The number of rotatable bonds is 7. The third-order valence-electron chi connectivity index (χ3n) is 5.28. The van der Waals surface area contributed by atoms with E-state index in [1.54, 1.807) is 37.3 Å². The first-order valence-corrected chi connectivity index (χ1v) is 11.1. The molecule has 0 bridgehead atoms. The summed E-state index contributed by atoms with van der Waals surface area (Å²) in [4.78, 5) is 20.9. The highest BCUT2D eigenvalue weighted by atomic mass is 32.2. The summed E-state index contributed by atoms with van der Waals surface area (Å²) in [5, 5.41) is 7.59. The van der Waals surface area contributed by atoms with E-state index in [1.165, 1.54) is 17.8 Å². The van der Waals surface area contributed by atoms with Crippen LogP contribution in [0.15, 0.2) is 47.6 Å². The molecule has 8 nitrogen and oxygen atoms in total. The number of thioether (sulfide) groups is 1. The number of piperazine rings is 1. The number of nitrogens with one attached hydrogen (secondary N) is 1. The molecule has 1 N–H and O–H groups in total. The Kier molecular flexibility index (Phi) is 6.79. The maximum Gasteiger partial charge on any atom is 0.233 e. The number of anilines is 1. The number of methoxy groups -OCH3 is 2. The number of nitrogens with zero attached hydrogens (tertiary/aromatic N) is 4. The second-order valence-corrected chi connectivity index (χ2v) is 8.08. The molecule has 0 atom stereocenters. The standard InChI is InChI=1S/C22H24FN5O3S/c1-30-15-7-8-16(19(13-15)31-2)21-24-22(26-25-21)32-14-20(29)28-11-9-27(10-12-28)18-6-4-3-5-17(18)23/h3-8,13H,9-12,14H2,1-2H3,(H,24,25,26). The maximum atomic E-state index is 14.0. The fourth-order valence-corrected chi connectivity index (χ4v) is 4.25. The van der Waals surface area contributed by atoms with Gasteiger partial charge in [-0.2, -0.15) is 0 Å². The van der Waals surface area contributed by atoms with Gasteiger partial charge in [-0.05, 0) is 24.3 Å². The van der Waals surface area contributed by atoms with Crippen molar-refractivity contribution in [3.63, 3.8) is 0 Å². The van der Waals surface area contributed by atoms with Gasteiger partial charge in [0.25, 0.3) is 0 Å². The van der Waals surface area contributed by atoms with Gasteiger partial charge in [-0.3, -0.25) is 9.89 Å². The Balaban J connectivity index is 1.32. The number of carbonyl (C=O) groups is 1. The fraction of sp³-hybridized carbons (Fsp3) is 0.318. The molecule has 1 aliphatic rings. The summed E-state index contributed by atoms with van der Waals surface area (Å²) in [7, 11) is 3.17. The minimum atomic E-state index is -0.239. The van der Waals surface area contributed by atoms with E-state index < -0.39 is 0 Å². The molecule has 2 aromatic carbocycles. The van der Waals surface area contributed by atoms with E-state index in [4.69, 9.17) is 9.47 Å². The predicted octanol–water partition coefficient (Wildman–Crippen LogP) is 3.07. The molecular formula is C22H24FN5O3S. The number of carbonyl (C=O) groups excluding carboxylic acids is 1. The molecule has 0 unspecified atom stereocenters. The quantitative estimate of drug-likeness (QED) is 0.546. The summed E-state index contributed by atoms with van der Waals surface area (Å²) in [5.74, 6) is 1.85. The topological polar surface area (TPSA) is 83.6 Å². The fourth-order valence-electron chi connectivity index (χ4n) is 3.55. The number of hydrogen-bond acceptors (Lipinski definition) is 7. The van der Waals surface area contributed by atoms with Crippen LogP contribution in [0.1, 0.15) is 0 Å². The van der Waals surface area contributed by atoms with Crippen LogP contribution >= 0.6 is 11.8 Å². The maximum absolute atomic E-state index is 14.0. The lowest BCUT2D eigenvalue weighted by Gasteiger charge is -2.36. The van der Waals surface area contributed by atoms with E-state index in [9.17, 15) is 9.18 Å². The van der Waals surface area contributed by atoms with Crippen molar-refractivity contribution in [1.29, 1.82) is 0 Å². The summed E-state index contributed by atoms with van der Waals surface area (Å²) >= 11 is 1.27. The van der Waals surface area contributed by atoms with Gasteiger partial charge < -0.3 is 19.3 Å². The molecule has 0 saturated carbocycles. The molecule has 32 heavy (non-hydrogen) atoms. The summed E-state index contributed by atoms with van der Waals surface area (Å²) in [6, 6.07) is 12.1. The minimum Gasteiger partial charge on any atom is -0.497 e. The van der Waals surface area contributed by atoms with Gasteiger partial charge in [-0.25, -0.2) is 9.37 Å². The van der Waals surface area contributed by atoms with Gasteiger partial charge in [0.05, 0.1) is 31.2 Å². The minimum absolute atomic E-state index is 0.0107. The summed E-state index contributed by atoms with van der Waals surface area (Å²) in [5.41, 5.74) is 1.33. The van der Waals surface area contributed by atoms with Gasteiger partial charge >= 0.3 is 0 Å². The van der Waals surface area contributed by atoms with Crippen molar-refractivity contribution < 1.29 is 18.7 Å². The number of para-hydroxylation sites is 1. The van der Waals surface area contributed by atoms with Crippen LogP contribution in [0.5, 0.6) is 11.5 Å². The largest absolute Gasteiger partial charge is 0.497 e. The van der Waals surface area contributed by atoms with Crippen LogP contribution in [-0.4, -0.2) is 72.1 Å². The molecule has 1 amide bonds. The number of hydrogen-bond donors (Lipinski definition) is 1. The normalized spacial score (nSPS) is 13.8. The van der Waals surface area contributed by atoms with Crippen LogP contribution in [0.3, 0.4) is 0 Å². The molecular weight excluding hydrogens is 433 g/mol. The molecule has 168 valence electrons. The van der Waals surface area contributed by atoms with Crippen molar-refractivity contribution in [2.24, 2.45) is 0 Å². The molecule has 0 spiro atoms. The van der Waals surface area contributed by atoms with E-state index >= 15 is 0 Å². The molecule has 3 aromatic rings. The van der Waals surface area contributed by atoms with Crippen LogP contribution in [0, 0.1) is 5.82 Å². The molecule has 1 aromatic heterocycles. The van der Waals surface area contributed by atoms with Crippen LogP contribution in [0.4, 0.5) is 10.1 Å². The average molecular weight is 458 g/mol. The molecule has 1 aliphatic heterocycles. The number of aromatic nitrogens is 3.